The largest absolute Gasteiger partial charge is 0.452 e. The number of esters is 1. The molecule has 4 rings (SSSR count). The number of hydrogen-bond donors (Lipinski definition) is 1. The second-order valence-corrected chi connectivity index (χ2v) is 9.10. The SMILES string of the molecule is CC1[C@H]2C[C@H]2CN1CC#CCOC(=O)CC1=CC=CCC1(O)C1CCCCC1. The standard InChI is InChI=1S/C24H33NO3/c1-18-22-15-19(22)17-25(18)13-7-8-14-28-23(26)16-21-11-5-6-12-24(21,27)20-9-3-2-4-10-20/h5-6,11,18-20,22,27H,2-4,9-10,12-17H2,1H3/t18?,19-,22+,24?/m0/s1. The number of carbonyl (C=O) groups is 1. The van der Waals surface area contributed by atoms with E-state index >= 15 is 0 Å². The predicted molar refractivity (Wildman–Crippen MR) is 109 cm³/mol. The number of ether oxygens (including phenoxy) is 1. The molecule has 0 radical (unpaired) electrons. The normalized spacial score (nSPS) is 34.9. The molecule has 0 bridgehead atoms. The van der Waals surface area contributed by atoms with Crippen molar-refractivity contribution >= 4 is 5.97 Å². The Morgan fingerprint density at radius 1 is 1.32 bits per heavy atom. The summed E-state index contributed by atoms with van der Waals surface area (Å²) in [5.74, 6) is 7.88. The molecule has 0 aromatic heterocycles. The summed E-state index contributed by atoms with van der Waals surface area (Å²) < 4.78 is 5.34. The third-order valence-electron chi connectivity index (χ3n) is 7.39. The van der Waals surface area contributed by atoms with E-state index in [1.54, 1.807) is 0 Å². The van der Waals surface area contributed by atoms with E-state index in [4.69, 9.17) is 4.74 Å². The predicted octanol–water partition coefficient (Wildman–Crippen LogP) is 3.46. The van der Waals surface area contributed by atoms with Gasteiger partial charge in [-0.2, -0.15) is 0 Å². The molecule has 0 aromatic carbocycles. The molecule has 4 heteroatoms. The lowest BCUT2D eigenvalue weighted by Crippen LogP contribution is -2.42. The minimum atomic E-state index is -0.882. The van der Waals surface area contributed by atoms with Crippen molar-refractivity contribution in [3.63, 3.8) is 0 Å². The molecule has 1 aliphatic heterocycles. The van der Waals surface area contributed by atoms with Crippen molar-refractivity contribution in [1.82, 2.24) is 4.90 Å². The number of fused-ring (bicyclic) bond motifs is 1. The minimum absolute atomic E-state index is 0.138. The van der Waals surface area contributed by atoms with Gasteiger partial charge in [-0.05, 0) is 55.9 Å². The minimum Gasteiger partial charge on any atom is -0.452 e. The molecule has 3 aliphatic carbocycles. The van der Waals surface area contributed by atoms with Crippen molar-refractivity contribution in [3.8, 4) is 11.8 Å². The molecule has 152 valence electrons. The van der Waals surface area contributed by atoms with Gasteiger partial charge in [0.1, 0.15) is 0 Å². The van der Waals surface area contributed by atoms with Crippen LogP contribution in [0, 0.1) is 29.6 Å². The summed E-state index contributed by atoms with van der Waals surface area (Å²) in [5, 5.41) is 11.3. The first-order chi connectivity index (χ1) is 13.6. The molecule has 0 amide bonds. The fourth-order valence-corrected chi connectivity index (χ4v) is 5.48. The number of aliphatic hydroxyl groups is 1. The van der Waals surface area contributed by atoms with Gasteiger partial charge in [-0.25, -0.2) is 0 Å². The van der Waals surface area contributed by atoms with Gasteiger partial charge in [0.15, 0.2) is 6.61 Å². The van der Waals surface area contributed by atoms with Gasteiger partial charge < -0.3 is 9.84 Å². The molecule has 4 nitrogen and oxygen atoms in total. The number of piperidine rings is 1. The lowest BCUT2D eigenvalue weighted by molar-refractivity contribution is -0.142. The molecular weight excluding hydrogens is 350 g/mol. The highest BCUT2D eigenvalue weighted by molar-refractivity contribution is 5.73. The van der Waals surface area contributed by atoms with E-state index in [1.165, 1.54) is 32.2 Å². The van der Waals surface area contributed by atoms with Gasteiger partial charge >= 0.3 is 5.97 Å². The Balaban J connectivity index is 1.24. The van der Waals surface area contributed by atoms with Crippen LogP contribution in [-0.2, 0) is 9.53 Å². The van der Waals surface area contributed by atoms with E-state index < -0.39 is 5.60 Å². The highest BCUT2D eigenvalue weighted by Crippen LogP contribution is 2.49. The summed E-state index contributed by atoms with van der Waals surface area (Å²) in [6.07, 6.45) is 13.7. The maximum absolute atomic E-state index is 12.3. The van der Waals surface area contributed by atoms with Crippen LogP contribution in [0.3, 0.4) is 0 Å². The van der Waals surface area contributed by atoms with Crippen molar-refractivity contribution in [2.45, 2.75) is 69.9 Å². The Morgan fingerprint density at radius 2 is 2.14 bits per heavy atom. The van der Waals surface area contributed by atoms with Crippen LogP contribution >= 0.6 is 0 Å². The van der Waals surface area contributed by atoms with Crippen molar-refractivity contribution in [1.29, 1.82) is 0 Å². The molecule has 4 aliphatic rings. The maximum atomic E-state index is 12.3. The van der Waals surface area contributed by atoms with Gasteiger partial charge in [0.2, 0.25) is 0 Å². The molecule has 1 N–H and O–H groups in total. The highest BCUT2D eigenvalue weighted by Gasteiger charge is 2.49. The Labute approximate surface area is 169 Å². The average molecular weight is 384 g/mol. The molecule has 2 unspecified atom stereocenters. The Kier molecular flexibility index (Phi) is 5.94. The van der Waals surface area contributed by atoms with Crippen LogP contribution in [0.25, 0.3) is 0 Å². The van der Waals surface area contributed by atoms with E-state index in [9.17, 15) is 9.90 Å². The Morgan fingerprint density at radius 3 is 2.89 bits per heavy atom. The third-order valence-corrected chi connectivity index (χ3v) is 7.39. The smallest absolute Gasteiger partial charge is 0.310 e. The fourth-order valence-electron chi connectivity index (χ4n) is 5.48. The van der Waals surface area contributed by atoms with Crippen LogP contribution < -0.4 is 0 Å². The van der Waals surface area contributed by atoms with Crippen molar-refractivity contribution in [3.05, 3.63) is 23.8 Å². The summed E-state index contributed by atoms with van der Waals surface area (Å²) in [6.45, 7) is 4.36. The average Bonchev–Trinajstić information content (AvgIpc) is 3.41. The number of rotatable bonds is 5. The van der Waals surface area contributed by atoms with Crippen LogP contribution in [-0.4, -0.2) is 47.3 Å². The van der Waals surface area contributed by atoms with Crippen LogP contribution in [0.15, 0.2) is 23.8 Å². The van der Waals surface area contributed by atoms with E-state index in [0.29, 0.717) is 12.5 Å². The number of likely N-dealkylation sites (tertiary alicyclic amines) is 1. The van der Waals surface area contributed by atoms with Gasteiger partial charge in [-0.15, -0.1) is 0 Å². The summed E-state index contributed by atoms with van der Waals surface area (Å²) in [6, 6.07) is 0.644. The van der Waals surface area contributed by atoms with Gasteiger partial charge in [0.05, 0.1) is 18.6 Å². The Bertz CT molecular complexity index is 709. The van der Waals surface area contributed by atoms with Gasteiger partial charge in [0.25, 0.3) is 0 Å². The molecule has 28 heavy (non-hydrogen) atoms. The zero-order valence-corrected chi connectivity index (χ0v) is 17.0. The topological polar surface area (TPSA) is 49.8 Å². The van der Waals surface area contributed by atoms with Gasteiger partial charge in [0, 0.05) is 12.6 Å². The molecule has 1 heterocycles. The van der Waals surface area contributed by atoms with Crippen molar-refractivity contribution in [2.24, 2.45) is 17.8 Å². The van der Waals surface area contributed by atoms with Crippen LogP contribution in [0.1, 0.15) is 58.3 Å². The van der Waals surface area contributed by atoms with Crippen LogP contribution in [0.2, 0.25) is 0 Å². The van der Waals surface area contributed by atoms with E-state index in [1.807, 2.05) is 18.2 Å². The maximum Gasteiger partial charge on any atom is 0.310 e. The summed E-state index contributed by atoms with van der Waals surface area (Å²) in [4.78, 5) is 14.8. The Hall–Kier alpha value is -1.57. The molecular formula is C24H33NO3. The molecule has 4 atom stereocenters. The molecule has 2 saturated carbocycles. The lowest BCUT2D eigenvalue weighted by atomic mass is 9.69. The molecule has 3 fully saturated rings. The quantitative estimate of drug-likeness (QED) is 0.583. The van der Waals surface area contributed by atoms with Crippen molar-refractivity contribution in [2.75, 3.05) is 19.7 Å². The van der Waals surface area contributed by atoms with Crippen molar-refractivity contribution < 1.29 is 14.6 Å². The van der Waals surface area contributed by atoms with E-state index in [-0.39, 0.29) is 24.9 Å². The molecule has 0 spiro atoms. The number of hydrogen-bond acceptors (Lipinski definition) is 4. The monoisotopic (exact) mass is 383 g/mol. The third kappa shape index (κ3) is 4.21. The highest BCUT2D eigenvalue weighted by atomic mass is 16.5. The van der Waals surface area contributed by atoms with E-state index in [2.05, 4.69) is 23.7 Å². The fraction of sp³-hybridized carbons (Fsp3) is 0.708. The first kappa shape index (κ1) is 19.7. The van der Waals surface area contributed by atoms with Gasteiger partial charge in [-0.3, -0.25) is 9.69 Å². The van der Waals surface area contributed by atoms with Gasteiger partial charge in [-0.1, -0.05) is 49.3 Å². The summed E-state index contributed by atoms with van der Waals surface area (Å²) in [7, 11) is 0. The zero-order chi connectivity index (χ0) is 19.6. The number of nitrogens with zero attached hydrogens (tertiary/aromatic N) is 1. The molecule has 1 saturated heterocycles. The van der Waals surface area contributed by atoms with Crippen LogP contribution in [0.4, 0.5) is 0 Å². The number of carbonyl (C=O) groups excluding carboxylic acids is 1. The van der Waals surface area contributed by atoms with E-state index in [0.717, 1.165) is 36.8 Å². The second-order valence-electron chi connectivity index (χ2n) is 9.10. The summed E-state index contributed by atoms with van der Waals surface area (Å²) in [5.41, 5.74) is -0.0722. The first-order valence-corrected chi connectivity index (χ1v) is 11.0. The second kappa shape index (κ2) is 8.43. The zero-order valence-electron chi connectivity index (χ0n) is 17.0. The van der Waals surface area contributed by atoms with Crippen LogP contribution in [0.5, 0.6) is 0 Å². The first-order valence-electron chi connectivity index (χ1n) is 11.0. The lowest BCUT2D eigenvalue weighted by Gasteiger charge is -2.41. The molecule has 0 aromatic rings. The summed E-state index contributed by atoms with van der Waals surface area (Å²) >= 11 is 0. The number of allylic oxidation sites excluding steroid dienone is 2.